The normalized spacial score (nSPS) is 12.2. The Kier molecular flexibility index (Phi) is 6.98. The molecule has 0 amide bonds. The van der Waals surface area contributed by atoms with Gasteiger partial charge in [0, 0.05) is 48.1 Å². The first-order valence-electron chi connectivity index (χ1n) is 7.15. The van der Waals surface area contributed by atoms with Crippen molar-refractivity contribution in [3.63, 3.8) is 0 Å². The van der Waals surface area contributed by atoms with E-state index in [4.69, 9.17) is 3.63 Å². The average molecular weight is 419 g/mol. The molecule has 0 aliphatic carbocycles. The molecule has 0 aliphatic heterocycles. The van der Waals surface area contributed by atoms with Crippen molar-refractivity contribution in [2.75, 3.05) is 12.5 Å². The molecule has 0 N–H and O–H groups in total. The van der Waals surface area contributed by atoms with E-state index in [2.05, 4.69) is 0 Å². The van der Waals surface area contributed by atoms with Crippen molar-refractivity contribution in [2.24, 2.45) is 0 Å². The predicted octanol–water partition coefficient (Wildman–Crippen LogP) is 3.51. The van der Waals surface area contributed by atoms with Gasteiger partial charge in [0.2, 0.25) is 0 Å². The Morgan fingerprint density at radius 2 is 1.00 bits per heavy atom. The van der Waals surface area contributed by atoms with E-state index in [1.54, 1.807) is 48.5 Å². The van der Waals surface area contributed by atoms with E-state index in [1.165, 1.54) is 36.6 Å². The summed E-state index contributed by atoms with van der Waals surface area (Å²) in [6.07, 6.45) is 2.36. The minimum atomic E-state index is -3.17. The van der Waals surface area contributed by atoms with E-state index >= 15 is 0 Å². The monoisotopic (exact) mass is 418 g/mol. The van der Waals surface area contributed by atoms with Gasteiger partial charge in [-0.15, -0.1) is 0 Å². The maximum Gasteiger partial charge on any atom is 0.175 e. The number of benzene rings is 2. The van der Waals surface area contributed by atoms with E-state index in [9.17, 15) is 16.8 Å². The van der Waals surface area contributed by atoms with Crippen LogP contribution in [0.4, 0.5) is 0 Å². The summed E-state index contributed by atoms with van der Waals surface area (Å²) >= 11 is 2.53. The molecule has 136 valence electrons. The molecule has 25 heavy (non-hydrogen) atoms. The van der Waals surface area contributed by atoms with Gasteiger partial charge in [0.15, 0.2) is 19.7 Å². The van der Waals surface area contributed by atoms with Crippen LogP contribution in [0.5, 0.6) is 0 Å². The van der Waals surface area contributed by atoms with Crippen LogP contribution in [-0.2, 0) is 34.8 Å². The van der Waals surface area contributed by atoms with Crippen molar-refractivity contribution in [2.45, 2.75) is 21.3 Å². The molecule has 9 heteroatoms. The topological polar surface area (TPSA) is 77.5 Å². The van der Waals surface area contributed by atoms with Gasteiger partial charge in [-0.2, -0.15) is 0 Å². The Bertz CT molecular complexity index is 825. The van der Waals surface area contributed by atoms with Crippen molar-refractivity contribution in [3.8, 4) is 0 Å². The molecule has 0 aromatic heterocycles. The minimum Gasteiger partial charge on any atom is -0.247 e. The molecule has 2 rings (SSSR count). The summed E-state index contributed by atoms with van der Waals surface area (Å²) in [5, 5.41) is 0. The van der Waals surface area contributed by atoms with Crippen molar-refractivity contribution in [1.29, 1.82) is 0 Å². The van der Waals surface area contributed by atoms with Crippen LogP contribution in [0, 0.1) is 0 Å². The molecule has 2 aromatic carbocycles. The molecule has 0 radical (unpaired) electrons. The zero-order valence-electron chi connectivity index (χ0n) is 13.7. The fourth-order valence-corrected chi connectivity index (χ4v) is 4.46. The van der Waals surface area contributed by atoms with Crippen LogP contribution >= 0.6 is 24.1 Å². The molecule has 0 fully saturated rings. The van der Waals surface area contributed by atoms with E-state index in [0.717, 1.165) is 11.1 Å². The Hall–Kier alpha value is -1.00. The molecule has 0 heterocycles. The summed E-state index contributed by atoms with van der Waals surface area (Å²) in [6, 6.07) is 13.4. The zero-order valence-corrected chi connectivity index (χ0v) is 17.0. The molecule has 0 saturated carbocycles. The third kappa shape index (κ3) is 6.67. The lowest BCUT2D eigenvalue weighted by molar-refractivity contribution is 0.600. The van der Waals surface area contributed by atoms with Gasteiger partial charge in [-0.05, 0) is 35.4 Å². The summed E-state index contributed by atoms with van der Waals surface area (Å²) < 4.78 is 51.0. The SMILES string of the molecule is CS(=O)(=O)c1ccc(CSOSCc2ccc(S(C)(=O)=O)cc2)cc1. The highest BCUT2D eigenvalue weighted by Crippen LogP contribution is 2.24. The van der Waals surface area contributed by atoms with Gasteiger partial charge in [-0.25, -0.2) is 20.5 Å². The summed E-state index contributed by atoms with van der Waals surface area (Å²) in [4.78, 5) is 0.600. The van der Waals surface area contributed by atoms with E-state index in [1.807, 2.05) is 0 Å². The van der Waals surface area contributed by atoms with Gasteiger partial charge in [0.1, 0.15) is 0 Å². The molecule has 0 atom stereocenters. The van der Waals surface area contributed by atoms with E-state index in [0.29, 0.717) is 21.3 Å². The van der Waals surface area contributed by atoms with E-state index in [-0.39, 0.29) is 0 Å². The van der Waals surface area contributed by atoms with Gasteiger partial charge >= 0.3 is 0 Å². The number of hydrogen-bond acceptors (Lipinski definition) is 7. The summed E-state index contributed by atoms with van der Waals surface area (Å²) in [5.41, 5.74) is 1.94. The Labute approximate surface area is 157 Å². The lowest BCUT2D eigenvalue weighted by atomic mass is 10.2. The lowest BCUT2D eigenvalue weighted by Gasteiger charge is -2.04. The smallest absolute Gasteiger partial charge is 0.175 e. The van der Waals surface area contributed by atoms with Gasteiger partial charge in [-0.3, -0.25) is 0 Å². The summed E-state index contributed by atoms with van der Waals surface area (Å²) in [7, 11) is -6.34. The van der Waals surface area contributed by atoms with Crippen LogP contribution in [0.2, 0.25) is 0 Å². The highest BCUT2D eigenvalue weighted by Gasteiger charge is 2.07. The molecule has 0 spiro atoms. The highest BCUT2D eigenvalue weighted by atomic mass is 32.2. The summed E-state index contributed by atoms with van der Waals surface area (Å²) in [6.45, 7) is 0. The van der Waals surface area contributed by atoms with Crippen LogP contribution in [0.15, 0.2) is 58.3 Å². The predicted molar refractivity (Wildman–Crippen MR) is 103 cm³/mol. The van der Waals surface area contributed by atoms with Crippen LogP contribution in [0.3, 0.4) is 0 Å². The fraction of sp³-hybridized carbons (Fsp3) is 0.250. The van der Waals surface area contributed by atoms with Crippen molar-refractivity contribution >= 4 is 43.8 Å². The average Bonchev–Trinajstić information content (AvgIpc) is 2.54. The quantitative estimate of drug-likeness (QED) is 0.479. The molecular weight excluding hydrogens is 400 g/mol. The van der Waals surface area contributed by atoms with Crippen molar-refractivity contribution in [3.05, 3.63) is 59.7 Å². The maximum absolute atomic E-state index is 11.4. The third-order valence-electron chi connectivity index (χ3n) is 3.25. The number of hydrogen-bond donors (Lipinski definition) is 0. The summed E-state index contributed by atoms with van der Waals surface area (Å²) in [5.74, 6) is 1.20. The molecule has 5 nitrogen and oxygen atoms in total. The molecule has 0 aliphatic rings. The van der Waals surface area contributed by atoms with Crippen LogP contribution in [0.25, 0.3) is 0 Å². The lowest BCUT2D eigenvalue weighted by Crippen LogP contribution is -1.96. The fourth-order valence-electron chi connectivity index (χ4n) is 1.88. The molecule has 0 saturated heterocycles. The van der Waals surface area contributed by atoms with E-state index < -0.39 is 19.7 Å². The van der Waals surface area contributed by atoms with Gasteiger partial charge in [-0.1, -0.05) is 24.3 Å². The van der Waals surface area contributed by atoms with Crippen LogP contribution < -0.4 is 0 Å². The number of rotatable bonds is 8. The van der Waals surface area contributed by atoms with Crippen LogP contribution in [-0.4, -0.2) is 29.3 Å². The molecule has 0 bridgehead atoms. The standard InChI is InChI=1S/C16H18O5S4/c1-24(17,18)15-7-3-13(4-8-15)11-22-21-23-12-14-5-9-16(10-6-14)25(2,19)20/h3-10H,11-12H2,1-2H3. The first kappa shape index (κ1) is 20.3. The van der Waals surface area contributed by atoms with Crippen molar-refractivity contribution < 1.29 is 20.5 Å². The maximum atomic E-state index is 11.4. The second-order valence-electron chi connectivity index (χ2n) is 5.42. The van der Waals surface area contributed by atoms with Crippen molar-refractivity contribution in [1.82, 2.24) is 0 Å². The Morgan fingerprint density at radius 3 is 1.28 bits per heavy atom. The number of sulfone groups is 2. The van der Waals surface area contributed by atoms with Gasteiger partial charge < -0.3 is 0 Å². The second kappa shape index (κ2) is 8.59. The Balaban J connectivity index is 1.75. The largest absolute Gasteiger partial charge is 0.247 e. The molecule has 2 aromatic rings. The zero-order chi connectivity index (χ0) is 18.5. The minimum absolute atomic E-state index is 0.300. The van der Waals surface area contributed by atoms with Gasteiger partial charge in [0.25, 0.3) is 0 Å². The first-order chi connectivity index (χ1) is 11.7. The highest BCUT2D eigenvalue weighted by molar-refractivity contribution is 8.07. The van der Waals surface area contributed by atoms with Crippen LogP contribution in [0.1, 0.15) is 11.1 Å². The first-order valence-corrected chi connectivity index (χ1v) is 12.8. The molecular formula is C16H18O5S4. The third-order valence-corrected chi connectivity index (χ3v) is 7.18. The second-order valence-corrected chi connectivity index (χ2v) is 11.0. The Morgan fingerprint density at radius 1 is 0.680 bits per heavy atom. The van der Waals surface area contributed by atoms with Gasteiger partial charge in [0.05, 0.1) is 9.79 Å². The molecule has 0 unspecified atom stereocenters.